The lowest BCUT2D eigenvalue weighted by Crippen LogP contribution is -1.79. The van der Waals surface area contributed by atoms with Gasteiger partial charge >= 0.3 is 0 Å². The molecule has 0 saturated heterocycles. The highest BCUT2D eigenvalue weighted by molar-refractivity contribution is 6.29. The molecule has 0 radical (unpaired) electrons. The van der Waals surface area contributed by atoms with Crippen LogP contribution in [0, 0.1) is 0 Å². The first-order chi connectivity index (χ1) is 6.79. The third-order valence-corrected chi connectivity index (χ3v) is 1.99. The predicted molar refractivity (Wildman–Crippen MR) is 52.1 cm³/mol. The largest absolute Gasteiger partial charge is 0.419 e. The minimum absolute atomic E-state index is 0.200. The van der Waals surface area contributed by atoms with Crippen LogP contribution in [-0.4, -0.2) is 15.2 Å². The Balaban J connectivity index is 2.39. The maximum atomic E-state index is 5.71. The fraction of sp³-hybridized carbons (Fsp3) is 0.125. The van der Waals surface area contributed by atoms with Crippen LogP contribution in [0.2, 0.25) is 5.15 Å². The summed E-state index contributed by atoms with van der Waals surface area (Å²) in [5, 5.41) is 7.92. The molecule has 72 valence electrons. The summed E-state index contributed by atoms with van der Waals surface area (Å²) in [6, 6.07) is 3.38. The van der Waals surface area contributed by atoms with Crippen LogP contribution in [0.3, 0.4) is 0 Å². The van der Waals surface area contributed by atoms with Gasteiger partial charge in [0.05, 0.1) is 0 Å². The van der Waals surface area contributed by atoms with Crippen molar-refractivity contribution in [3.05, 3.63) is 29.4 Å². The molecule has 0 aliphatic carbocycles. The van der Waals surface area contributed by atoms with Gasteiger partial charge in [-0.3, -0.25) is 0 Å². The first-order valence-electron chi connectivity index (χ1n) is 3.80. The van der Waals surface area contributed by atoms with Gasteiger partial charge < -0.3 is 4.42 Å². The first-order valence-corrected chi connectivity index (χ1v) is 4.71. The number of nitrogens with zero attached hydrogens (tertiary/aromatic N) is 3. The van der Waals surface area contributed by atoms with Gasteiger partial charge in [-0.15, -0.1) is 21.8 Å². The number of alkyl halides is 1. The number of aromatic nitrogens is 3. The molecule has 0 fully saturated rings. The average Bonchev–Trinajstić information content (AvgIpc) is 2.66. The summed E-state index contributed by atoms with van der Waals surface area (Å²) >= 11 is 11.2. The van der Waals surface area contributed by atoms with Crippen molar-refractivity contribution in [3.63, 3.8) is 0 Å². The summed E-state index contributed by atoms with van der Waals surface area (Å²) in [7, 11) is 0. The molecule has 0 amide bonds. The highest BCUT2D eigenvalue weighted by Gasteiger charge is 2.07. The molecule has 0 bridgehead atoms. The van der Waals surface area contributed by atoms with Crippen molar-refractivity contribution in [2.24, 2.45) is 0 Å². The van der Waals surface area contributed by atoms with Crippen molar-refractivity contribution in [1.29, 1.82) is 0 Å². The highest BCUT2D eigenvalue weighted by atomic mass is 35.5. The van der Waals surface area contributed by atoms with E-state index < -0.39 is 0 Å². The number of hydrogen-bond acceptors (Lipinski definition) is 4. The van der Waals surface area contributed by atoms with Crippen LogP contribution in [0.15, 0.2) is 22.7 Å². The molecule has 0 aliphatic rings. The van der Waals surface area contributed by atoms with E-state index in [9.17, 15) is 0 Å². The summed E-state index contributed by atoms with van der Waals surface area (Å²) in [5.41, 5.74) is 0.730. The Bertz CT molecular complexity index is 444. The molecule has 2 aromatic rings. The Morgan fingerprint density at radius 1 is 1.36 bits per heavy atom. The molecule has 0 N–H and O–H groups in total. The molecule has 0 unspecified atom stereocenters. The van der Waals surface area contributed by atoms with Gasteiger partial charge in [-0.05, 0) is 12.1 Å². The average molecular weight is 230 g/mol. The maximum Gasteiger partial charge on any atom is 0.247 e. The Morgan fingerprint density at radius 2 is 2.21 bits per heavy atom. The summed E-state index contributed by atoms with van der Waals surface area (Å²) in [5.74, 6) is 0.978. The zero-order valence-corrected chi connectivity index (χ0v) is 8.46. The molecule has 2 aromatic heterocycles. The van der Waals surface area contributed by atoms with Crippen molar-refractivity contribution in [3.8, 4) is 11.5 Å². The van der Waals surface area contributed by atoms with Crippen LogP contribution in [0.4, 0.5) is 0 Å². The minimum Gasteiger partial charge on any atom is -0.419 e. The number of halogens is 2. The maximum absolute atomic E-state index is 5.71. The van der Waals surface area contributed by atoms with Crippen LogP contribution in [0.1, 0.15) is 5.89 Å². The number of rotatable bonds is 2. The second-order valence-corrected chi connectivity index (χ2v) is 3.16. The van der Waals surface area contributed by atoms with Crippen LogP contribution in [0.5, 0.6) is 0 Å². The van der Waals surface area contributed by atoms with Crippen LogP contribution in [0.25, 0.3) is 11.5 Å². The second kappa shape index (κ2) is 3.94. The normalized spacial score (nSPS) is 10.4. The molecule has 4 nitrogen and oxygen atoms in total. The van der Waals surface area contributed by atoms with E-state index in [1.54, 1.807) is 18.3 Å². The summed E-state index contributed by atoms with van der Waals surface area (Å²) in [6.45, 7) is 0. The zero-order valence-electron chi connectivity index (χ0n) is 6.94. The van der Waals surface area contributed by atoms with Crippen molar-refractivity contribution in [2.45, 2.75) is 5.88 Å². The molecule has 14 heavy (non-hydrogen) atoms. The first kappa shape index (κ1) is 9.43. The fourth-order valence-electron chi connectivity index (χ4n) is 0.960. The number of hydrogen-bond donors (Lipinski definition) is 0. The summed E-state index contributed by atoms with van der Waals surface area (Å²) < 4.78 is 5.23. The van der Waals surface area contributed by atoms with Crippen LogP contribution >= 0.6 is 23.2 Å². The standard InChI is InChI=1S/C8H5Cl2N3O/c9-4-7-12-13-8(14-7)5-1-2-11-6(10)3-5/h1-3H,4H2. The van der Waals surface area contributed by atoms with Gasteiger partial charge in [-0.2, -0.15) is 0 Å². The molecule has 0 spiro atoms. The molecule has 0 atom stereocenters. The third-order valence-electron chi connectivity index (χ3n) is 1.55. The van der Waals surface area contributed by atoms with Crippen LogP contribution in [-0.2, 0) is 5.88 Å². The highest BCUT2D eigenvalue weighted by Crippen LogP contribution is 2.20. The van der Waals surface area contributed by atoms with Crippen molar-refractivity contribution in [1.82, 2.24) is 15.2 Å². The fourth-order valence-corrected chi connectivity index (χ4v) is 1.24. The topological polar surface area (TPSA) is 51.8 Å². The van der Waals surface area contributed by atoms with Gasteiger partial charge in [0, 0.05) is 11.8 Å². The van der Waals surface area contributed by atoms with Crippen molar-refractivity contribution >= 4 is 23.2 Å². The van der Waals surface area contributed by atoms with E-state index in [1.807, 2.05) is 0 Å². The third kappa shape index (κ3) is 1.86. The van der Waals surface area contributed by atoms with E-state index in [-0.39, 0.29) is 5.88 Å². The molecule has 6 heteroatoms. The number of pyridine rings is 1. The van der Waals surface area contributed by atoms with E-state index in [4.69, 9.17) is 27.6 Å². The molecule has 0 aliphatic heterocycles. The lowest BCUT2D eigenvalue weighted by atomic mass is 10.3. The lowest BCUT2D eigenvalue weighted by molar-refractivity contribution is 0.527. The van der Waals surface area contributed by atoms with Crippen molar-refractivity contribution < 1.29 is 4.42 Å². The monoisotopic (exact) mass is 229 g/mol. The van der Waals surface area contributed by atoms with E-state index in [1.165, 1.54) is 0 Å². The van der Waals surface area contributed by atoms with Gasteiger partial charge in [-0.1, -0.05) is 11.6 Å². The molecule has 2 heterocycles. The minimum atomic E-state index is 0.200. The molecule has 2 rings (SSSR count). The lowest BCUT2D eigenvalue weighted by Gasteiger charge is -1.93. The van der Waals surface area contributed by atoms with E-state index in [0.717, 1.165) is 5.56 Å². The Labute approximate surface area is 89.9 Å². The quantitative estimate of drug-likeness (QED) is 0.587. The van der Waals surface area contributed by atoms with Crippen molar-refractivity contribution in [2.75, 3.05) is 0 Å². The Hall–Kier alpha value is -1.13. The Kier molecular flexibility index (Phi) is 2.65. The Morgan fingerprint density at radius 3 is 2.86 bits per heavy atom. The van der Waals surface area contributed by atoms with Gasteiger partial charge in [0.1, 0.15) is 11.0 Å². The predicted octanol–water partition coefficient (Wildman–Crippen LogP) is 2.52. The van der Waals surface area contributed by atoms with Gasteiger partial charge in [0.15, 0.2) is 0 Å². The zero-order chi connectivity index (χ0) is 9.97. The molecular formula is C8H5Cl2N3O. The SMILES string of the molecule is ClCc1nnc(-c2ccnc(Cl)c2)o1. The van der Waals surface area contributed by atoms with E-state index in [0.29, 0.717) is 16.9 Å². The van der Waals surface area contributed by atoms with E-state index in [2.05, 4.69) is 15.2 Å². The second-order valence-electron chi connectivity index (χ2n) is 2.50. The molecular weight excluding hydrogens is 225 g/mol. The summed E-state index contributed by atoms with van der Waals surface area (Å²) in [4.78, 5) is 3.84. The van der Waals surface area contributed by atoms with Gasteiger partial charge in [0.25, 0.3) is 0 Å². The van der Waals surface area contributed by atoms with Gasteiger partial charge in [-0.25, -0.2) is 4.98 Å². The molecule has 0 aromatic carbocycles. The summed E-state index contributed by atoms with van der Waals surface area (Å²) in [6.07, 6.45) is 1.57. The van der Waals surface area contributed by atoms with Gasteiger partial charge in [0.2, 0.25) is 11.8 Å². The molecule has 0 saturated carbocycles. The van der Waals surface area contributed by atoms with E-state index >= 15 is 0 Å². The smallest absolute Gasteiger partial charge is 0.247 e. The van der Waals surface area contributed by atoms with Crippen LogP contribution < -0.4 is 0 Å².